The number of nitrogens with one attached hydrogen (secondary N) is 2. The normalized spacial score (nSPS) is 12.2. The number of hydrogen-bond donors (Lipinski definition) is 2. The predicted octanol–water partition coefficient (Wildman–Crippen LogP) is 0.717. The van der Waals surface area contributed by atoms with Crippen LogP contribution in [0.25, 0.3) is 0 Å². The van der Waals surface area contributed by atoms with E-state index in [9.17, 15) is 9.59 Å². The summed E-state index contributed by atoms with van der Waals surface area (Å²) in [5.74, 6) is 0.215. The molecule has 2 N–H and O–H groups in total. The van der Waals surface area contributed by atoms with Gasteiger partial charge in [-0.1, -0.05) is 6.92 Å². The molecule has 1 atom stereocenters. The van der Waals surface area contributed by atoms with Gasteiger partial charge in [0.1, 0.15) is 5.78 Å². The highest BCUT2D eigenvalue weighted by Gasteiger charge is 2.07. The Hall–Kier alpha value is -0.900. The summed E-state index contributed by atoms with van der Waals surface area (Å²) in [4.78, 5) is 21.8. The third kappa shape index (κ3) is 9.41. The van der Waals surface area contributed by atoms with Crippen molar-refractivity contribution in [2.75, 3.05) is 20.1 Å². The van der Waals surface area contributed by atoms with E-state index in [0.29, 0.717) is 12.5 Å². The van der Waals surface area contributed by atoms with E-state index in [-0.39, 0.29) is 18.1 Å². The molecule has 0 aromatic rings. The first-order chi connectivity index (χ1) is 7.06. The lowest BCUT2D eigenvalue weighted by Crippen LogP contribution is -2.29. The van der Waals surface area contributed by atoms with E-state index in [1.54, 1.807) is 0 Å². The first-order valence-corrected chi connectivity index (χ1v) is 5.47. The summed E-state index contributed by atoms with van der Waals surface area (Å²) in [6.07, 6.45) is 2.20. The lowest BCUT2D eigenvalue weighted by Gasteiger charge is -2.11. The van der Waals surface area contributed by atoms with Gasteiger partial charge in [0.15, 0.2) is 0 Å². The van der Waals surface area contributed by atoms with E-state index < -0.39 is 0 Å². The van der Waals surface area contributed by atoms with Crippen molar-refractivity contribution < 1.29 is 9.59 Å². The molecule has 0 radical (unpaired) electrons. The smallest absolute Gasteiger partial charge is 0.227 e. The molecule has 0 aliphatic carbocycles. The highest BCUT2D eigenvalue weighted by atomic mass is 16.2. The van der Waals surface area contributed by atoms with Crippen molar-refractivity contribution in [2.45, 2.75) is 33.1 Å². The van der Waals surface area contributed by atoms with Crippen molar-refractivity contribution in [2.24, 2.45) is 5.92 Å². The van der Waals surface area contributed by atoms with E-state index in [1.165, 1.54) is 6.92 Å². The van der Waals surface area contributed by atoms with E-state index in [0.717, 1.165) is 19.4 Å². The van der Waals surface area contributed by atoms with Gasteiger partial charge in [-0.2, -0.15) is 0 Å². The fraction of sp³-hybridized carbons (Fsp3) is 0.818. The fourth-order valence-electron chi connectivity index (χ4n) is 1.31. The van der Waals surface area contributed by atoms with Crippen LogP contribution in [0.2, 0.25) is 0 Å². The summed E-state index contributed by atoms with van der Waals surface area (Å²) in [5.41, 5.74) is 0. The molecule has 0 aliphatic rings. The van der Waals surface area contributed by atoms with Gasteiger partial charge >= 0.3 is 0 Å². The molecular formula is C11H22N2O2. The van der Waals surface area contributed by atoms with Gasteiger partial charge in [-0.25, -0.2) is 0 Å². The Morgan fingerprint density at radius 2 is 2.00 bits per heavy atom. The number of hydrogen-bond acceptors (Lipinski definition) is 3. The van der Waals surface area contributed by atoms with Crippen molar-refractivity contribution in [1.82, 2.24) is 10.6 Å². The van der Waals surface area contributed by atoms with Crippen LogP contribution in [0.4, 0.5) is 0 Å². The molecular weight excluding hydrogens is 192 g/mol. The zero-order chi connectivity index (χ0) is 11.7. The maximum Gasteiger partial charge on any atom is 0.227 e. The van der Waals surface area contributed by atoms with Gasteiger partial charge in [-0.05, 0) is 39.3 Å². The number of carbonyl (C=O) groups excluding carboxylic acids is 2. The van der Waals surface area contributed by atoms with Crippen LogP contribution in [0.5, 0.6) is 0 Å². The Labute approximate surface area is 91.8 Å². The fourth-order valence-corrected chi connectivity index (χ4v) is 1.31. The van der Waals surface area contributed by atoms with E-state index in [1.807, 2.05) is 7.05 Å². The molecule has 0 aromatic carbocycles. The Kier molecular flexibility index (Phi) is 7.91. The zero-order valence-corrected chi connectivity index (χ0v) is 9.93. The summed E-state index contributed by atoms with van der Waals surface area (Å²) in [7, 11) is 1.93. The van der Waals surface area contributed by atoms with Crippen LogP contribution in [0.1, 0.15) is 33.1 Å². The molecule has 88 valence electrons. The van der Waals surface area contributed by atoms with E-state index >= 15 is 0 Å². The quantitative estimate of drug-likeness (QED) is 0.462. The van der Waals surface area contributed by atoms with Crippen LogP contribution in [-0.2, 0) is 9.59 Å². The molecule has 0 heterocycles. The van der Waals surface area contributed by atoms with Crippen molar-refractivity contribution >= 4 is 11.7 Å². The van der Waals surface area contributed by atoms with Crippen molar-refractivity contribution in [3.05, 3.63) is 0 Å². The average Bonchev–Trinajstić information content (AvgIpc) is 2.14. The lowest BCUT2D eigenvalue weighted by molar-refractivity contribution is -0.127. The Morgan fingerprint density at radius 1 is 1.33 bits per heavy atom. The standard InChI is InChI=1S/C11H22N2O2/c1-9(5-4-6-12-3)8-13-11(15)7-10(2)14/h9,12H,4-8H2,1-3H3,(H,13,15). The zero-order valence-electron chi connectivity index (χ0n) is 9.93. The summed E-state index contributed by atoms with van der Waals surface area (Å²) in [5, 5.41) is 5.84. The van der Waals surface area contributed by atoms with Crippen molar-refractivity contribution in [1.29, 1.82) is 0 Å². The molecule has 1 amide bonds. The molecule has 4 nitrogen and oxygen atoms in total. The van der Waals surface area contributed by atoms with Gasteiger partial charge in [0.05, 0.1) is 6.42 Å². The molecule has 1 unspecified atom stereocenters. The highest BCUT2D eigenvalue weighted by Crippen LogP contribution is 2.02. The molecule has 0 bridgehead atoms. The minimum atomic E-state index is -0.164. The monoisotopic (exact) mass is 214 g/mol. The van der Waals surface area contributed by atoms with Gasteiger partial charge in [0, 0.05) is 6.54 Å². The van der Waals surface area contributed by atoms with Crippen LogP contribution in [0.15, 0.2) is 0 Å². The van der Waals surface area contributed by atoms with Gasteiger partial charge in [0.2, 0.25) is 5.91 Å². The maximum absolute atomic E-state index is 11.1. The maximum atomic E-state index is 11.1. The van der Waals surface area contributed by atoms with E-state index in [4.69, 9.17) is 0 Å². The number of carbonyl (C=O) groups is 2. The molecule has 4 heteroatoms. The molecule has 0 spiro atoms. The summed E-state index contributed by atoms with van der Waals surface area (Å²) < 4.78 is 0. The molecule has 0 rings (SSSR count). The van der Waals surface area contributed by atoms with Gasteiger partial charge < -0.3 is 10.6 Å². The third-order valence-electron chi connectivity index (χ3n) is 2.18. The van der Waals surface area contributed by atoms with Crippen LogP contribution in [0.3, 0.4) is 0 Å². The number of ketones is 1. The first kappa shape index (κ1) is 14.1. The minimum absolute atomic E-state index is 0.00321. The number of amides is 1. The Morgan fingerprint density at radius 3 is 2.53 bits per heavy atom. The molecule has 0 saturated carbocycles. The van der Waals surface area contributed by atoms with Crippen molar-refractivity contribution in [3.63, 3.8) is 0 Å². The number of Topliss-reactive ketones (excluding diaryl/α,β-unsaturated/α-hetero) is 1. The van der Waals surface area contributed by atoms with Gasteiger partial charge in [-0.15, -0.1) is 0 Å². The molecule has 0 fully saturated rings. The van der Waals surface area contributed by atoms with Crippen LogP contribution < -0.4 is 10.6 Å². The van der Waals surface area contributed by atoms with Crippen LogP contribution in [0, 0.1) is 5.92 Å². The average molecular weight is 214 g/mol. The van der Waals surface area contributed by atoms with Crippen molar-refractivity contribution in [3.8, 4) is 0 Å². The Balaban J connectivity index is 3.48. The van der Waals surface area contributed by atoms with E-state index in [2.05, 4.69) is 17.6 Å². The highest BCUT2D eigenvalue weighted by molar-refractivity contribution is 5.96. The topological polar surface area (TPSA) is 58.2 Å². The largest absolute Gasteiger partial charge is 0.355 e. The molecule has 0 saturated heterocycles. The number of rotatable bonds is 8. The summed E-state index contributed by atoms with van der Waals surface area (Å²) >= 11 is 0. The lowest BCUT2D eigenvalue weighted by atomic mass is 10.1. The SMILES string of the molecule is CNCCCC(C)CNC(=O)CC(C)=O. The molecule has 0 aliphatic heterocycles. The Bertz CT molecular complexity index is 205. The molecule has 15 heavy (non-hydrogen) atoms. The first-order valence-electron chi connectivity index (χ1n) is 5.47. The molecule has 0 aromatic heterocycles. The second-order valence-corrected chi connectivity index (χ2v) is 4.03. The summed E-state index contributed by atoms with van der Waals surface area (Å²) in [6.45, 7) is 5.20. The minimum Gasteiger partial charge on any atom is -0.355 e. The predicted molar refractivity (Wildman–Crippen MR) is 60.6 cm³/mol. The second kappa shape index (κ2) is 8.41. The van der Waals surface area contributed by atoms with Gasteiger partial charge in [-0.3, -0.25) is 9.59 Å². The van der Waals surface area contributed by atoms with Gasteiger partial charge in [0.25, 0.3) is 0 Å². The second-order valence-electron chi connectivity index (χ2n) is 4.03. The van der Waals surface area contributed by atoms with Crippen LogP contribution in [-0.4, -0.2) is 31.8 Å². The van der Waals surface area contributed by atoms with Crippen LogP contribution >= 0.6 is 0 Å². The summed E-state index contributed by atoms with van der Waals surface area (Å²) in [6, 6.07) is 0. The third-order valence-corrected chi connectivity index (χ3v) is 2.18.